The van der Waals surface area contributed by atoms with Crippen LogP contribution in [0.3, 0.4) is 0 Å². The molecule has 0 aliphatic heterocycles. The molecular weight excluding hydrogens is 356 g/mol. The lowest BCUT2D eigenvalue weighted by Gasteiger charge is -2.10. The van der Waals surface area contributed by atoms with Gasteiger partial charge in [0.15, 0.2) is 5.03 Å². The number of carbonyl (C=O) groups is 1. The minimum atomic E-state index is -4.28. The molecule has 0 aromatic carbocycles. The molecule has 0 aliphatic rings. The predicted molar refractivity (Wildman–Crippen MR) is 83.6 cm³/mol. The van der Waals surface area contributed by atoms with Crippen LogP contribution in [0.15, 0.2) is 17.3 Å². The first-order valence-electron chi connectivity index (χ1n) is 6.73. The summed E-state index contributed by atoms with van der Waals surface area (Å²) in [5.74, 6) is -0.00490. The molecule has 3 N–H and O–H groups in total. The molecule has 0 fully saturated rings. The van der Waals surface area contributed by atoms with Gasteiger partial charge in [-0.1, -0.05) is 0 Å². The van der Waals surface area contributed by atoms with E-state index in [2.05, 4.69) is 20.4 Å². The second-order valence-electron chi connectivity index (χ2n) is 4.59. The fourth-order valence-electron chi connectivity index (χ4n) is 1.89. The summed E-state index contributed by atoms with van der Waals surface area (Å²) in [4.78, 5) is 19.7. The number of rotatable bonds is 6. The van der Waals surface area contributed by atoms with E-state index in [1.54, 1.807) is 4.72 Å². The highest BCUT2D eigenvalue weighted by Crippen LogP contribution is 2.18. The predicted octanol–water partition coefficient (Wildman–Crippen LogP) is -0.770. The largest absolute Gasteiger partial charge is 0.481 e. The average Bonchev–Trinajstić information content (AvgIpc) is 2.95. The van der Waals surface area contributed by atoms with Crippen LogP contribution >= 0.6 is 0 Å². The molecule has 0 aliphatic carbocycles. The second kappa shape index (κ2) is 7.31. The van der Waals surface area contributed by atoms with Crippen molar-refractivity contribution in [2.24, 2.45) is 7.05 Å². The number of urea groups is 1. The van der Waals surface area contributed by atoms with Crippen molar-refractivity contribution in [1.29, 1.82) is 0 Å². The van der Waals surface area contributed by atoms with Crippen molar-refractivity contribution in [3.63, 3.8) is 0 Å². The Bertz CT molecular complexity index is 858. The third kappa shape index (κ3) is 4.13. The Hall–Kier alpha value is -2.93. The van der Waals surface area contributed by atoms with Crippen LogP contribution in [0.5, 0.6) is 11.8 Å². The van der Waals surface area contributed by atoms with Gasteiger partial charge in [-0.25, -0.2) is 9.52 Å². The molecule has 2 aromatic heterocycles. The van der Waals surface area contributed by atoms with Crippen LogP contribution in [0.25, 0.3) is 0 Å². The molecule has 0 saturated carbocycles. The molecule has 2 amide bonds. The van der Waals surface area contributed by atoms with E-state index in [4.69, 9.17) is 9.47 Å². The molecule has 0 atom stereocenters. The number of sulfonamides is 1. The summed E-state index contributed by atoms with van der Waals surface area (Å²) in [5, 5.41) is 14.7. The number of methoxy groups -OCH3 is 2. The summed E-state index contributed by atoms with van der Waals surface area (Å²) in [6, 6.07) is 0.267. The quantitative estimate of drug-likeness (QED) is 0.592. The van der Waals surface area contributed by atoms with Gasteiger partial charge in [0, 0.05) is 12.6 Å². The molecule has 0 saturated heterocycles. The number of nitrogens with one attached hydrogen (secondary N) is 2. The number of hydrogen-bond donors (Lipinski definition) is 3. The van der Waals surface area contributed by atoms with Crippen molar-refractivity contribution in [2.75, 3.05) is 19.5 Å². The molecular formula is C12H16N6O6S. The molecule has 136 valence electrons. The maximum Gasteiger partial charge on any atom is 0.335 e. The number of aryl methyl sites for hydroxylation is 1. The zero-order chi connectivity index (χ0) is 18.6. The first kappa shape index (κ1) is 18.4. The van der Waals surface area contributed by atoms with Crippen molar-refractivity contribution < 1.29 is 27.8 Å². The monoisotopic (exact) mass is 372 g/mol. The van der Waals surface area contributed by atoms with Crippen molar-refractivity contribution in [2.45, 2.75) is 11.6 Å². The number of amides is 2. The van der Waals surface area contributed by atoms with E-state index in [9.17, 15) is 18.3 Å². The zero-order valence-corrected chi connectivity index (χ0v) is 14.4. The first-order valence-corrected chi connectivity index (χ1v) is 8.21. The van der Waals surface area contributed by atoms with E-state index >= 15 is 0 Å². The number of aliphatic hydroxyl groups excluding tert-OH is 1. The maximum absolute atomic E-state index is 12.3. The number of nitrogens with zero attached hydrogens (tertiary/aromatic N) is 4. The number of carbonyl (C=O) groups excluding carboxylic acids is 1. The fraction of sp³-hybridized carbons (Fsp3) is 0.333. The van der Waals surface area contributed by atoms with Gasteiger partial charge in [0.2, 0.25) is 17.7 Å². The molecule has 0 bridgehead atoms. The molecule has 2 aromatic rings. The highest BCUT2D eigenvalue weighted by Gasteiger charge is 2.25. The van der Waals surface area contributed by atoms with Gasteiger partial charge in [0.05, 0.1) is 33.1 Å². The molecule has 2 heterocycles. The summed E-state index contributed by atoms with van der Waals surface area (Å²) in [6.07, 6.45) is 1.18. The molecule has 2 rings (SSSR count). The van der Waals surface area contributed by atoms with Gasteiger partial charge in [0.1, 0.15) is 0 Å². The fourth-order valence-corrected chi connectivity index (χ4v) is 3.14. The van der Waals surface area contributed by atoms with Gasteiger partial charge in [-0.3, -0.25) is 10.00 Å². The topological polar surface area (TPSA) is 158 Å². The van der Waals surface area contributed by atoms with Gasteiger partial charge in [-0.2, -0.15) is 23.5 Å². The highest BCUT2D eigenvalue weighted by atomic mass is 32.2. The highest BCUT2D eigenvalue weighted by molar-refractivity contribution is 7.90. The lowest BCUT2D eigenvalue weighted by Crippen LogP contribution is -2.36. The number of anilines is 1. The minimum Gasteiger partial charge on any atom is -0.481 e. The van der Waals surface area contributed by atoms with E-state index in [0.29, 0.717) is 0 Å². The van der Waals surface area contributed by atoms with Crippen LogP contribution in [-0.2, 0) is 23.7 Å². The van der Waals surface area contributed by atoms with Crippen LogP contribution in [-0.4, -0.2) is 53.5 Å². The van der Waals surface area contributed by atoms with E-state index in [1.807, 2.05) is 0 Å². The molecule has 13 heteroatoms. The number of ether oxygens (including phenoxy) is 2. The van der Waals surface area contributed by atoms with E-state index in [-0.39, 0.29) is 28.3 Å². The smallest absolute Gasteiger partial charge is 0.335 e. The summed E-state index contributed by atoms with van der Waals surface area (Å²) in [6.45, 7) is -0.554. The van der Waals surface area contributed by atoms with Crippen LogP contribution in [0.2, 0.25) is 0 Å². The summed E-state index contributed by atoms with van der Waals surface area (Å²) in [5.41, 5.74) is 0.0436. The van der Waals surface area contributed by atoms with Crippen molar-refractivity contribution in [3.8, 4) is 11.8 Å². The Morgan fingerprint density at radius 2 is 1.88 bits per heavy atom. The molecule has 0 spiro atoms. The molecule has 0 radical (unpaired) electrons. The van der Waals surface area contributed by atoms with Crippen molar-refractivity contribution in [3.05, 3.63) is 17.8 Å². The van der Waals surface area contributed by atoms with Crippen LogP contribution in [0.1, 0.15) is 5.56 Å². The van der Waals surface area contributed by atoms with Gasteiger partial charge in [-0.15, -0.1) is 0 Å². The number of hydrogen-bond acceptors (Lipinski definition) is 9. The van der Waals surface area contributed by atoms with Gasteiger partial charge in [-0.05, 0) is 0 Å². The second-order valence-corrected chi connectivity index (χ2v) is 6.19. The van der Waals surface area contributed by atoms with E-state index in [1.165, 1.54) is 33.5 Å². The Kier molecular flexibility index (Phi) is 5.38. The number of aromatic nitrogens is 4. The van der Waals surface area contributed by atoms with E-state index in [0.717, 1.165) is 4.68 Å². The third-order valence-corrected chi connectivity index (χ3v) is 4.42. The summed E-state index contributed by atoms with van der Waals surface area (Å²) >= 11 is 0. The van der Waals surface area contributed by atoms with Crippen molar-refractivity contribution >= 4 is 22.0 Å². The van der Waals surface area contributed by atoms with Gasteiger partial charge < -0.3 is 14.6 Å². The third-order valence-electron chi connectivity index (χ3n) is 2.93. The van der Waals surface area contributed by atoms with Crippen molar-refractivity contribution in [1.82, 2.24) is 24.5 Å². The van der Waals surface area contributed by atoms with Crippen LogP contribution < -0.4 is 19.5 Å². The average molecular weight is 372 g/mol. The summed E-state index contributed by atoms with van der Waals surface area (Å²) < 4.78 is 37.3. The summed E-state index contributed by atoms with van der Waals surface area (Å²) in [7, 11) is -0.206. The minimum absolute atomic E-state index is 0.0436. The first-order chi connectivity index (χ1) is 11.8. The van der Waals surface area contributed by atoms with Gasteiger partial charge in [0.25, 0.3) is 10.0 Å². The molecule has 25 heavy (non-hydrogen) atoms. The Morgan fingerprint density at radius 1 is 1.28 bits per heavy atom. The molecule has 0 unspecified atom stereocenters. The standard InChI is InChI=1S/C12H16N6O6S/c1-18-10(7(6-19)5-13-18)25(21,22)17-12(20)16-11-14-8(23-2)4-9(15-11)24-3/h4-5,19H,6H2,1-3H3,(H2,14,15,16,17,20). The maximum atomic E-state index is 12.3. The van der Waals surface area contributed by atoms with E-state index < -0.39 is 22.7 Å². The Balaban J connectivity index is 2.21. The zero-order valence-electron chi connectivity index (χ0n) is 13.5. The molecule has 12 nitrogen and oxygen atoms in total. The van der Waals surface area contributed by atoms with Crippen LogP contribution in [0.4, 0.5) is 10.7 Å². The lowest BCUT2D eigenvalue weighted by atomic mass is 10.4. The SMILES string of the molecule is COc1cc(OC)nc(NC(=O)NS(=O)(=O)c2c(CO)cnn2C)n1. The lowest BCUT2D eigenvalue weighted by molar-refractivity contribution is 0.256. The normalized spacial score (nSPS) is 11.0. The van der Waals surface area contributed by atoms with Crippen LogP contribution in [0, 0.1) is 0 Å². The van der Waals surface area contributed by atoms with Gasteiger partial charge >= 0.3 is 6.03 Å². The number of aliphatic hydroxyl groups is 1. The Morgan fingerprint density at radius 3 is 2.40 bits per heavy atom. The Labute approximate surface area is 142 Å².